The van der Waals surface area contributed by atoms with Gasteiger partial charge in [-0.15, -0.1) is 11.3 Å². The van der Waals surface area contributed by atoms with Crippen LogP contribution in [-0.4, -0.2) is 21.0 Å². The van der Waals surface area contributed by atoms with Gasteiger partial charge in [-0.05, 0) is 25.3 Å². The van der Waals surface area contributed by atoms with E-state index < -0.39 is 11.4 Å². The van der Waals surface area contributed by atoms with E-state index in [1.165, 1.54) is 22.2 Å². The highest BCUT2D eigenvalue weighted by atomic mass is 32.1. The molecule has 0 spiro atoms. The standard InChI is InChI=1S/C21H22N4O2S/c1-13(2)21(4,11-22)24-16(26)10-25-12-23-19-18(20(25)27)17(14(3)28-19)15-8-6-5-7-9-15/h5-9,12-13H,10H2,1-4H3,(H,24,26)/t21-/m0/s1. The summed E-state index contributed by atoms with van der Waals surface area (Å²) >= 11 is 1.46. The summed E-state index contributed by atoms with van der Waals surface area (Å²) in [5.41, 5.74) is 0.555. The molecule has 0 aliphatic rings. The fourth-order valence-corrected chi connectivity index (χ4v) is 3.99. The number of amides is 1. The summed E-state index contributed by atoms with van der Waals surface area (Å²) in [5.74, 6) is -0.461. The molecule has 6 nitrogen and oxygen atoms in total. The summed E-state index contributed by atoms with van der Waals surface area (Å²) < 4.78 is 1.30. The number of nitrogens with zero attached hydrogens (tertiary/aromatic N) is 3. The number of benzene rings is 1. The van der Waals surface area contributed by atoms with Crippen LogP contribution in [0.15, 0.2) is 41.5 Å². The van der Waals surface area contributed by atoms with Crippen molar-refractivity contribution in [3.05, 3.63) is 51.9 Å². The largest absolute Gasteiger partial charge is 0.336 e. The lowest BCUT2D eigenvalue weighted by molar-refractivity contribution is -0.123. The van der Waals surface area contributed by atoms with E-state index in [0.717, 1.165) is 16.0 Å². The van der Waals surface area contributed by atoms with Crippen molar-refractivity contribution in [3.63, 3.8) is 0 Å². The lowest BCUT2D eigenvalue weighted by Crippen LogP contribution is -2.50. The van der Waals surface area contributed by atoms with Gasteiger partial charge >= 0.3 is 0 Å². The van der Waals surface area contributed by atoms with E-state index in [9.17, 15) is 14.9 Å². The van der Waals surface area contributed by atoms with Crippen LogP contribution in [0.25, 0.3) is 21.3 Å². The molecule has 3 rings (SSSR count). The smallest absolute Gasteiger partial charge is 0.263 e. The van der Waals surface area contributed by atoms with Crippen LogP contribution in [-0.2, 0) is 11.3 Å². The Balaban J connectivity index is 2.01. The molecule has 0 unspecified atom stereocenters. The van der Waals surface area contributed by atoms with Gasteiger partial charge in [-0.25, -0.2) is 4.98 Å². The third kappa shape index (κ3) is 3.56. The van der Waals surface area contributed by atoms with Gasteiger partial charge in [0.25, 0.3) is 5.56 Å². The molecule has 1 N–H and O–H groups in total. The quantitative estimate of drug-likeness (QED) is 0.717. The van der Waals surface area contributed by atoms with Gasteiger partial charge in [0.2, 0.25) is 5.91 Å². The molecule has 1 aromatic carbocycles. The summed E-state index contributed by atoms with van der Waals surface area (Å²) in [6.07, 6.45) is 1.40. The van der Waals surface area contributed by atoms with E-state index in [1.807, 2.05) is 51.1 Å². The third-order valence-electron chi connectivity index (χ3n) is 5.02. The number of aromatic nitrogens is 2. The molecule has 0 bridgehead atoms. The first-order valence-electron chi connectivity index (χ1n) is 9.03. The SMILES string of the molecule is Cc1sc2ncn(CC(=O)N[C@@](C)(C#N)C(C)C)c(=O)c2c1-c1ccccc1. The second-order valence-electron chi connectivity index (χ2n) is 7.27. The minimum atomic E-state index is -0.994. The van der Waals surface area contributed by atoms with Crippen LogP contribution < -0.4 is 10.9 Å². The maximum absolute atomic E-state index is 13.1. The van der Waals surface area contributed by atoms with Crippen molar-refractivity contribution in [3.8, 4) is 17.2 Å². The van der Waals surface area contributed by atoms with E-state index in [2.05, 4.69) is 16.4 Å². The number of nitrogens with one attached hydrogen (secondary N) is 1. The van der Waals surface area contributed by atoms with Gasteiger partial charge in [-0.3, -0.25) is 14.2 Å². The molecule has 0 radical (unpaired) electrons. The topological polar surface area (TPSA) is 87.8 Å². The van der Waals surface area contributed by atoms with Crippen LogP contribution in [0.4, 0.5) is 0 Å². The first kappa shape index (κ1) is 19.8. The van der Waals surface area contributed by atoms with Crippen LogP contribution >= 0.6 is 11.3 Å². The average Bonchev–Trinajstić information content (AvgIpc) is 3.01. The molecule has 2 heterocycles. The Morgan fingerprint density at radius 2 is 2.04 bits per heavy atom. The van der Waals surface area contributed by atoms with Gasteiger partial charge in [-0.1, -0.05) is 44.2 Å². The molecule has 3 aromatic rings. The minimum Gasteiger partial charge on any atom is -0.336 e. The summed E-state index contributed by atoms with van der Waals surface area (Å²) in [4.78, 5) is 31.7. The highest BCUT2D eigenvalue weighted by Gasteiger charge is 2.30. The van der Waals surface area contributed by atoms with Gasteiger partial charge in [0.05, 0.1) is 17.8 Å². The summed E-state index contributed by atoms with van der Waals surface area (Å²) in [6, 6.07) is 11.8. The van der Waals surface area contributed by atoms with Crippen LogP contribution in [0.2, 0.25) is 0 Å². The molecule has 0 saturated carbocycles. The normalized spacial score (nSPS) is 13.3. The Kier molecular flexibility index (Phi) is 5.34. The van der Waals surface area contributed by atoms with Crippen LogP contribution in [0.3, 0.4) is 0 Å². The number of nitriles is 1. The van der Waals surface area contributed by atoms with Crippen molar-refractivity contribution in [2.45, 2.75) is 39.8 Å². The fourth-order valence-electron chi connectivity index (χ4n) is 2.99. The van der Waals surface area contributed by atoms with Gasteiger partial charge < -0.3 is 5.32 Å². The summed E-state index contributed by atoms with van der Waals surface area (Å²) in [6.45, 7) is 7.18. The zero-order valence-corrected chi connectivity index (χ0v) is 17.1. The maximum Gasteiger partial charge on any atom is 0.263 e. The predicted octanol–water partition coefficient (Wildman–Crippen LogP) is 3.49. The Bertz CT molecular complexity index is 1120. The van der Waals surface area contributed by atoms with E-state index in [-0.39, 0.29) is 18.0 Å². The van der Waals surface area contributed by atoms with Gasteiger partial charge in [0, 0.05) is 10.4 Å². The molecule has 2 aromatic heterocycles. The van der Waals surface area contributed by atoms with Gasteiger partial charge in [-0.2, -0.15) is 5.26 Å². The summed E-state index contributed by atoms with van der Waals surface area (Å²) in [5, 5.41) is 12.6. The van der Waals surface area contributed by atoms with Crippen LogP contribution in [0, 0.1) is 24.2 Å². The molecular formula is C21H22N4O2S. The summed E-state index contributed by atoms with van der Waals surface area (Å²) in [7, 11) is 0. The molecule has 1 amide bonds. The Labute approximate surface area is 167 Å². The first-order valence-corrected chi connectivity index (χ1v) is 9.84. The average molecular weight is 395 g/mol. The number of carbonyl (C=O) groups excluding carboxylic acids is 1. The Morgan fingerprint density at radius 3 is 2.64 bits per heavy atom. The molecule has 144 valence electrons. The number of hydrogen-bond donors (Lipinski definition) is 1. The lowest BCUT2D eigenvalue weighted by atomic mass is 9.90. The molecule has 0 saturated heterocycles. The second kappa shape index (κ2) is 7.56. The Hall–Kier alpha value is -2.98. The lowest BCUT2D eigenvalue weighted by Gasteiger charge is -2.27. The highest BCUT2D eigenvalue weighted by Crippen LogP contribution is 2.35. The van der Waals surface area contributed by atoms with Crippen molar-refractivity contribution < 1.29 is 4.79 Å². The molecule has 0 aliphatic carbocycles. The van der Waals surface area contributed by atoms with E-state index >= 15 is 0 Å². The van der Waals surface area contributed by atoms with Gasteiger partial charge in [0.15, 0.2) is 0 Å². The number of thiophene rings is 1. The fraction of sp³-hybridized carbons (Fsp3) is 0.333. The zero-order valence-electron chi connectivity index (χ0n) is 16.3. The molecule has 1 atom stereocenters. The van der Waals surface area contributed by atoms with E-state index in [4.69, 9.17) is 0 Å². The Morgan fingerprint density at radius 1 is 1.36 bits per heavy atom. The first-order chi connectivity index (χ1) is 13.3. The van der Waals surface area contributed by atoms with Crippen molar-refractivity contribution in [2.24, 2.45) is 5.92 Å². The van der Waals surface area contributed by atoms with Crippen molar-refractivity contribution >= 4 is 27.5 Å². The molecule has 0 aliphatic heterocycles. The third-order valence-corrected chi connectivity index (χ3v) is 6.03. The predicted molar refractivity (Wildman–Crippen MR) is 111 cm³/mol. The van der Waals surface area contributed by atoms with E-state index in [1.54, 1.807) is 6.92 Å². The monoisotopic (exact) mass is 394 g/mol. The van der Waals surface area contributed by atoms with Crippen molar-refractivity contribution in [1.29, 1.82) is 5.26 Å². The minimum absolute atomic E-state index is 0.0667. The van der Waals surface area contributed by atoms with Crippen LogP contribution in [0.1, 0.15) is 25.6 Å². The number of hydrogen-bond acceptors (Lipinski definition) is 5. The zero-order chi connectivity index (χ0) is 20.5. The van der Waals surface area contributed by atoms with Gasteiger partial charge in [0.1, 0.15) is 16.9 Å². The number of fused-ring (bicyclic) bond motifs is 1. The van der Waals surface area contributed by atoms with Crippen LogP contribution in [0.5, 0.6) is 0 Å². The molecule has 7 heteroatoms. The van der Waals surface area contributed by atoms with Crippen molar-refractivity contribution in [2.75, 3.05) is 0 Å². The number of carbonyl (C=O) groups is 1. The molecule has 0 fully saturated rings. The van der Waals surface area contributed by atoms with Crippen molar-refractivity contribution in [1.82, 2.24) is 14.9 Å². The number of aryl methyl sites for hydroxylation is 1. The van der Waals surface area contributed by atoms with E-state index in [0.29, 0.717) is 10.2 Å². The second-order valence-corrected chi connectivity index (χ2v) is 8.48. The molecular weight excluding hydrogens is 372 g/mol. The maximum atomic E-state index is 13.1. The molecule has 28 heavy (non-hydrogen) atoms. The number of rotatable bonds is 5. The highest BCUT2D eigenvalue weighted by molar-refractivity contribution is 7.19.